The van der Waals surface area contributed by atoms with Gasteiger partial charge in [0, 0.05) is 12.6 Å². The number of ether oxygens (including phenoxy) is 2. The summed E-state index contributed by atoms with van der Waals surface area (Å²) in [6.45, 7) is 0. The molecule has 0 saturated carbocycles. The van der Waals surface area contributed by atoms with Gasteiger partial charge in [0.2, 0.25) is 0 Å². The van der Waals surface area contributed by atoms with E-state index in [0.29, 0.717) is 17.3 Å². The molecule has 0 aliphatic heterocycles. The zero-order valence-electron chi connectivity index (χ0n) is 11.8. The molecule has 0 saturated heterocycles. The summed E-state index contributed by atoms with van der Waals surface area (Å²) in [5.74, 6) is 7.51. The Labute approximate surface area is 117 Å². The summed E-state index contributed by atoms with van der Waals surface area (Å²) < 4.78 is 12.1. The van der Waals surface area contributed by atoms with Crippen molar-refractivity contribution in [3.63, 3.8) is 0 Å². The van der Waals surface area contributed by atoms with E-state index >= 15 is 0 Å². The highest BCUT2D eigenvalue weighted by atomic mass is 16.5. The van der Waals surface area contributed by atoms with Gasteiger partial charge in [0.05, 0.1) is 26.5 Å². The molecular formula is C13H19N5O2. The standard InChI is InChI=1S/C13H19N5O2/c1-18-13(14)9(7-16-18)12(17-15)8-4-5-10(19-2)11(6-8)20-3/h4-7,12,17H,14-15H2,1-3H3. The van der Waals surface area contributed by atoms with E-state index in [4.69, 9.17) is 21.1 Å². The normalized spacial score (nSPS) is 12.2. The first kappa shape index (κ1) is 14.2. The third-order valence-corrected chi connectivity index (χ3v) is 3.23. The molecule has 0 amide bonds. The van der Waals surface area contributed by atoms with Crippen LogP contribution in [0.2, 0.25) is 0 Å². The number of nitrogen functional groups attached to an aromatic ring is 1. The average Bonchev–Trinajstić information content (AvgIpc) is 2.80. The Balaban J connectivity index is 2.44. The van der Waals surface area contributed by atoms with Crippen LogP contribution in [-0.4, -0.2) is 24.0 Å². The van der Waals surface area contributed by atoms with Gasteiger partial charge in [-0.05, 0) is 17.7 Å². The van der Waals surface area contributed by atoms with E-state index in [9.17, 15) is 0 Å². The van der Waals surface area contributed by atoms with Crippen LogP contribution in [0, 0.1) is 0 Å². The molecule has 0 radical (unpaired) electrons. The molecule has 2 aromatic rings. The Kier molecular flexibility index (Phi) is 4.11. The highest BCUT2D eigenvalue weighted by Crippen LogP contribution is 2.33. The minimum Gasteiger partial charge on any atom is -0.493 e. The van der Waals surface area contributed by atoms with Crippen molar-refractivity contribution in [2.24, 2.45) is 12.9 Å². The summed E-state index contributed by atoms with van der Waals surface area (Å²) in [7, 11) is 4.96. The molecule has 7 nitrogen and oxygen atoms in total. The van der Waals surface area contributed by atoms with Crippen molar-refractivity contribution in [2.45, 2.75) is 6.04 Å². The van der Waals surface area contributed by atoms with Gasteiger partial charge in [0.25, 0.3) is 0 Å². The predicted molar refractivity (Wildman–Crippen MR) is 76.3 cm³/mol. The minimum absolute atomic E-state index is 0.275. The molecule has 0 spiro atoms. The number of hydrogen-bond acceptors (Lipinski definition) is 6. The lowest BCUT2D eigenvalue weighted by Gasteiger charge is -2.18. The molecule has 0 fully saturated rings. The maximum atomic E-state index is 5.99. The van der Waals surface area contributed by atoms with E-state index < -0.39 is 0 Å². The van der Waals surface area contributed by atoms with Crippen LogP contribution in [-0.2, 0) is 7.05 Å². The van der Waals surface area contributed by atoms with Crippen LogP contribution in [0.4, 0.5) is 5.82 Å². The van der Waals surface area contributed by atoms with Crippen molar-refractivity contribution in [1.29, 1.82) is 0 Å². The lowest BCUT2D eigenvalue weighted by atomic mass is 10.0. The molecule has 1 atom stereocenters. The fraction of sp³-hybridized carbons (Fsp3) is 0.308. The molecule has 7 heteroatoms. The van der Waals surface area contributed by atoms with Crippen LogP contribution >= 0.6 is 0 Å². The number of anilines is 1. The zero-order valence-corrected chi connectivity index (χ0v) is 11.8. The molecule has 1 heterocycles. The summed E-state index contributed by atoms with van der Waals surface area (Å²) >= 11 is 0. The van der Waals surface area contributed by atoms with Crippen molar-refractivity contribution < 1.29 is 9.47 Å². The number of hydrazine groups is 1. The number of aromatic nitrogens is 2. The van der Waals surface area contributed by atoms with E-state index in [1.165, 1.54) is 0 Å². The predicted octanol–water partition coefficient (Wildman–Crippen LogP) is 0.572. The second-order valence-electron chi connectivity index (χ2n) is 4.32. The van der Waals surface area contributed by atoms with E-state index in [1.54, 1.807) is 32.1 Å². The number of nitrogens with zero attached hydrogens (tertiary/aromatic N) is 2. The lowest BCUT2D eigenvalue weighted by Crippen LogP contribution is -2.29. The molecule has 1 unspecified atom stereocenters. The summed E-state index contributed by atoms with van der Waals surface area (Å²) in [4.78, 5) is 0. The van der Waals surface area contributed by atoms with Crippen molar-refractivity contribution >= 4 is 5.82 Å². The smallest absolute Gasteiger partial charge is 0.161 e. The quantitative estimate of drug-likeness (QED) is 0.546. The first-order valence-electron chi connectivity index (χ1n) is 6.07. The SMILES string of the molecule is COc1ccc(C(NN)c2cnn(C)c2N)cc1OC. The van der Waals surface area contributed by atoms with Crippen LogP contribution in [0.1, 0.15) is 17.2 Å². The van der Waals surface area contributed by atoms with Gasteiger partial charge in [0.1, 0.15) is 5.82 Å². The maximum absolute atomic E-state index is 5.99. The number of rotatable bonds is 5. The summed E-state index contributed by atoms with van der Waals surface area (Å²) in [6, 6.07) is 5.31. The lowest BCUT2D eigenvalue weighted by molar-refractivity contribution is 0.354. The Bertz CT molecular complexity index is 596. The molecular weight excluding hydrogens is 258 g/mol. The summed E-state index contributed by atoms with van der Waals surface area (Å²) in [6.07, 6.45) is 1.69. The number of methoxy groups -OCH3 is 2. The Hall–Kier alpha value is -2.25. The van der Waals surface area contributed by atoms with Crippen LogP contribution in [0.5, 0.6) is 11.5 Å². The van der Waals surface area contributed by atoms with E-state index in [0.717, 1.165) is 11.1 Å². The first-order chi connectivity index (χ1) is 9.62. The third kappa shape index (κ3) is 2.40. The summed E-state index contributed by atoms with van der Waals surface area (Å²) in [5.41, 5.74) is 10.5. The molecule has 0 bridgehead atoms. The van der Waals surface area contributed by atoms with Gasteiger partial charge >= 0.3 is 0 Å². The molecule has 108 valence electrons. The fourth-order valence-corrected chi connectivity index (χ4v) is 2.08. The Morgan fingerprint density at radius 1 is 1.25 bits per heavy atom. The number of hydrogen-bond donors (Lipinski definition) is 3. The third-order valence-electron chi connectivity index (χ3n) is 3.23. The first-order valence-corrected chi connectivity index (χ1v) is 6.07. The number of aryl methyl sites for hydroxylation is 1. The van der Waals surface area contributed by atoms with Crippen molar-refractivity contribution in [2.75, 3.05) is 20.0 Å². The van der Waals surface area contributed by atoms with Crippen LogP contribution in [0.15, 0.2) is 24.4 Å². The topological polar surface area (TPSA) is 100 Å². The Morgan fingerprint density at radius 2 is 1.95 bits per heavy atom. The van der Waals surface area contributed by atoms with Gasteiger partial charge in [-0.25, -0.2) is 5.43 Å². The van der Waals surface area contributed by atoms with Crippen LogP contribution in [0.25, 0.3) is 0 Å². The minimum atomic E-state index is -0.275. The monoisotopic (exact) mass is 277 g/mol. The highest BCUT2D eigenvalue weighted by molar-refractivity contribution is 5.49. The zero-order chi connectivity index (χ0) is 14.7. The number of nitrogens with one attached hydrogen (secondary N) is 1. The van der Waals surface area contributed by atoms with Gasteiger partial charge in [0.15, 0.2) is 11.5 Å². The van der Waals surface area contributed by atoms with Crippen molar-refractivity contribution in [1.82, 2.24) is 15.2 Å². The molecule has 0 aliphatic carbocycles. The molecule has 0 aliphatic rings. The van der Waals surface area contributed by atoms with E-state index in [-0.39, 0.29) is 6.04 Å². The molecule has 5 N–H and O–H groups in total. The molecule has 2 rings (SSSR count). The van der Waals surface area contributed by atoms with Gasteiger partial charge in [-0.2, -0.15) is 5.10 Å². The van der Waals surface area contributed by atoms with Crippen LogP contribution in [0.3, 0.4) is 0 Å². The second kappa shape index (κ2) is 5.81. The molecule has 1 aromatic heterocycles. The summed E-state index contributed by atoms with van der Waals surface area (Å²) in [5, 5.41) is 4.13. The second-order valence-corrected chi connectivity index (χ2v) is 4.32. The number of nitrogens with two attached hydrogens (primary N) is 2. The highest BCUT2D eigenvalue weighted by Gasteiger charge is 2.19. The largest absolute Gasteiger partial charge is 0.493 e. The van der Waals surface area contributed by atoms with E-state index in [1.807, 2.05) is 18.2 Å². The van der Waals surface area contributed by atoms with Gasteiger partial charge in [-0.3, -0.25) is 10.5 Å². The Morgan fingerprint density at radius 3 is 2.45 bits per heavy atom. The molecule has 1 aromatic carbocycles. The van der Waals surface area contributed by atoms with Gasteiger partial charge in [-0.1, -0.05) is 6.07 Å². The van der Waals surface area contributed by atoms with Crippen molar-refractivity contribution in [3.05, 3.63) is 35.5 Å². The van der Waals surface area contributed by atoms with Crippen LogP contribution < -0.4 is 26.5 Å². The average molecular weight is 277 g/mol. The van der Waals surface area contributed by atoms with Crippen molar-refractivity contribution in [3.8, 4) is 11.5 Å². The van der Waals surface area contributed by atoms with E-state index in [2.05, 4.69) is 10.5 Å². The van der Waals surface area contributed by atoms with Gasteiger partial charge in [-0.15, -0.1) is 0 Å². The number of benzene rings is 1. The fourth-order valence-electron chi connectivity index (χ4n) is 2.08. The van der Waals surface area contributed by atoms with Gasteiger partial charge < -0.3 is 15.2 Å². The molecule has 20 heavy (non-hydrogen) atoms. The maximum Gasteiger partial charge on any atom is 0.161 e.